The number of aliphatic carboxylic acids is 1. The van der Waals surface area contributed by atoms with Crippen molar-refractivity contribution in [3.05, 3.63) is 0 Å². The maximum atomic E-state index is 11.2. The van der Waals surface area contributed by atoms with Crippen LogP contribution in [0.4, 0.5) is 0 Å². The fraction of sp³-hybridized carbons (Fsp3) is 0.941. The van der Waals surface area contributed by atoms with Crippen LogP contribution >= 0.6 is 0 Å². The lowest BCUT2D eigenvalue weighted by Crippen LogP contribution is -2.47. The Balaban J connectivity index is 2.25. The highest BCUT2D eigenvalue weighted by molar-refractivity contribution is 5.78. The summed E-state index contributed by atoms with van der Waals surface area (Å²) < 4.78 is 0. The Kier molecular flexibility index (Phi) is 6.67. The van der Waals surface area contributed by atoms with Gasteiger partial charge in [0.25, 0.3) is 0 Å². The van der Waals surface area contributed by atoms with Crippen molar-refractivity contribution in [2.75, 3.05) is 20.6 Å². The molecule has 1 rings (SSSR count). The molecule has 0 aromatic carbocycles. The van der Waals surface area contributed by atoms with Crippen LogP contribution in [0.5, 0.6) is 0 Å². The first kappa shape index (κ1) is 18.4. The molecule has 0 bridgehead atoms. The van der Waals surface area contributed by atoms with Gasteiger partial charge in [-0.15, -0.1) is 0 Å². The van der Waals surface area contributed by atoms with Crippen LogP contribution in [0.2, 0.25) is 0 Å². The van der Waals surface area contributed by atoms with Gasteiger partial charge in [0.2, 0.25) is 0 Å². The molecule has 0 aliphatic heterocycles. The molecule has 4 heteroatoms. The summed E-state index contributed by atoms with van der Waals surface area (Å²) in [4.78, 5) is 13.7. The van der Waals surface area contributed by atoms with Crippen LogP contribution in [0.25, 0.3) is 0 Å². The second-order valence-electron chi connectivity index (χ2n) is 7.72. The molecule has 1 unspecified atom stereocenters. The first-order chi connectivity index (χ1) is 9.70. The minimum absolute atomic E-state index is 0.521. The Morgan fingerprint density at radius 1 is 1.33 bits per heavy atom. The molecule has 4 nitrogen and oxygen atoms in total. The molecule has 2 N–H and O–H groups in total. The lowest BCUT2D eigenvalue weighted by Gasteiger charge is -2.38. The van der Waals surface area contributed by atoms with Crippen molar-refractivity contribution in [2.45, 2.75) is 77.3 Å². The van der Waals surface area contributed by atoms with Gasteiger partial charge in [-0.3, -0.25) is 4.79 Å². The van der Waals surface area contributed by atoms with Crippen LogP contribution in [0.3, 0.4) is 0 Å². The Labute approximate surface area is 130 Å². The Morgan fingerprint density at radius 3 is 2.38 bits per heavy atom. The molecule has 0 amide bonds. The molecule has 0 spiro atoms. The van der Waals surface area contributed by atoms with Crippen molar-refractivity contribution in [1.82, 2.24) is 10.2 Å². The Hall–Kier alpha value is -0.610. The second-order valence-corrected chi connectivity index (χ2v) is 7.72. The number of nitrogens with one attached hydrogen (secondary N) is 1. The molecular weight excluding hydrogens is 264 g/mol. The minimum Gasteiger partial charge on any atom is -0.480 e. The molecule has 0 aromatic heterocycles. The van der Waals surface area contributed by atoms with Gasteiger partial charge >= 0.3 is 5.97 Å². The lowest BCUT2D eigenvalue weighted by molar-refractivity contribution is -0.144. The van der Waals surface area contributed by atoms with E-state index in [1.165, 1.54) is 25.7 Å². The highest BCUT2D eigenvalue weighted by Crippen LogP contribution is 2.36. The average molecular weight is 298 g/mol. The van der Waals surface area contributed by atoms with E-state index in [1.807, 2.05) is 0 Å². The Morgan fingerprint density at radius 2 is 1.90 bits per heavy atom. The summed E-state index contributed by atoms with van der Waals surface area (Å²) in [5.74, 6) is -0.757. The summed E-state index contributed by atoms with van der Waals surface area (Å²) in [6.07, 6.45) is 7.94. The zero-order chi connectivity index (χ0) is 16.1. The van der Waals surface area contributed by atoms with Gasteiger partial charge in [-0.2, -0.15) is 0 Å². The van der Waals surface area contributed by atoms with E-state index >= 15 is 0 Å². The van der Waals surface area contributed by atoms with Gasteiger partial charge in [-0.1, -0.05) is 13.8 Å². The predicted molar refractivity (Wildman–Crippen MR) is 87.6 cm³/mol. The summed E-state index contributed by atoms with van der Waals surface area (Å²) in [5.41, 5.74) is -0.263. The molecule has 0 saturated heterocycles. The molecule has 1 aliphatic carbocycles. The van der Waals surface area contributed by atoms with Gasteiger partial charge in [-0.25, -0.2) is 0 Å². The van der Waals surface area contributed by atoms with Crippen LogP contribution < -0.4 is 5.32 Å². The number of carboxylic acids is 1. The van der Waals surface area contributed by atoms with Crippen LogP contribution in [0.1, 0.15) is 65.7 Å². The Bertz CT molecular complexity index is 334. The standard InChI is InChI=1S/C17H34N2O2/c1-16(2)11-8-14(9-12-16)19(5)13-7-6-10-17(3,18-4)15(20)21/h14,18H,6-13H2,1-5H3,(H,20,21). The third kappa shape index (κ3) is 5.59. The van der Waals surface area contributed by atoms with Crippen molar-refractivity contribution in [3.8, 4) is 0 Å². The molecule has 1 aliphatic rings. The van der Waals surface area contributed by atoms with Crippen molar-refractivity contribution < 1.29 is 9.90 Å². The highest BCUT2D eigenvalue weighted by atomic mass is 16.4. The zero-order valence-corrected chi connectivity index (χ0v) is 14.5. The third-order valence-corrected chi connectivity index (χ3v) is 5.39. The molecule has 1 fully saturated rings. The van der Waals surface area contributed by atoms with E-state index < -0.39 is 11.5 Å². The van der Waals surface area contributed by atoms with Crippen LogP contribution in [-0.2, 0) is 4.79 Å². The van der Waals surface area contributed by atoms with Gasteiger partial charge in [0.1, 0.15) is 5.54 Å². The predicted octanol–water partition coefficient (Wildman–Crippen LogP) is 3.12. The van der Waals surface area contributed by atoms with Crippen molar-refractivity contribution in [1.29, 1.82) is 0 Å². The molecule has 0 aromatic rings. The van der Waals surface area contributed by atoms with E-state index in [4.69, 9.17) is 0 Å². The summed E-state index contributed by atoms with van der Waals surface area (Å²) in [7, 11) is 3.95. The van der Waals surface area contributed by atoms with Gasteiger partial charge in [0, 0.05) is 6.04 Å². The number of hydrogen-bond donors (Lipinski definition) is 2. The number of hydrogen-bond acceptors (Lipinski definition) is 3. The van der Waals surface area contributed by atoms with E-state index in [9.17, 15) is 9.90 Å². The molecule has 0 heterocycles. The minimum atomic E-state index is -0.784. The SMILES string of the molecule is CNC(C)(CCCCN(C)C1CCC(C)(C)CC1)C(=O)O. The maximum Gasteiger partial charge on any atom is 0.323 e. The monoisotopic (exact) mass is 298 g/mol. The van der Waals surface area contributed by atoms with E-state index in [0.717, 1.165) is 19.4 Å². The maximum absolute atomic E-state index is 11.2. The quantitative estimate of drug-likeness (QED) is 0.676. The van der Waals surface area contributed by atoms with Crippen LogP contribution in [0.15, 0.2) is 0 Å². The van der Waals surface area contributed by atoms with E-state index in [2.05, 4.69) is 31.1 Å². The molecule has 1 saturated carbocycles. The second kappa shape index (κ2) is 7.59. The van der Waals surface area contributed by atoms with Gasteiger partial charge in [0.15, 0.2) is 0 Å². The smallest absolute Gasteiger partial charge is 0.323 e. The van der Waals surface area contributed by atoms with Crippen molar-refractivity contribution >= 4 is 5.97 Å². The number of unbranched alkanes of at least 4 members (excludes halogenated alkanes) is 1. The molecule has 0 radical (unpaired) electrons. The van der Waals surface area contributed by atoms with Gasteiger partial charge in [-0.05, 0) is 77.9 Å². The number of carbonyl (C=O) groups is 1. The number of nitrogens with zero attached hydrogens (tertiary/aromatic N) is 1. The first-order valence-corrected chi connectivity index (χ1v) is 8.33. The summed E-state index contributed by atoms with van der Waals surface area (Å²) in [6.45, 7) is 7.58. The molecule has 1 atom stereocenters. The molecule has 124 valence electrons. The van der Waals surface area contributed by atoms with Gasteiger partial charge < -0.3 is 15.3 Å². The topological polar surface area (TPSA) is 52.6 Å². The summed E-state index contributed by atoms with van der Waals surface area (Å²) >= 11 is 0. The van der Waals surface area contributed by atoms with E-state index in [0.29, 0.717) is 17.9 Å². The largest absolute Gasteiger partial charge is 0.480 e. The number of likely N-dealkylation sites (N-methyl/N-ethyl adjacent to an activating group) is 1. The molecule has 21 heavy (non-hydrogen) atoms. The first-order valence-electron chi connectivity index (χ1n) is 8.33. The number of rotatable bonds is 8. The van der Waals surface area contributed by atoms with Crippen molar-refractivity contribution in [3.63, 3.8) is 0 Å². The fourth-order valence-corrected chi connectivity index (χ4v) is 3.19. The lowest BCUT2D eigenvalue weighted by atomic mass is 9.75. The fourth-order valence-electron chi connectivity index (χ4n) is 3.19. The molecular formula is C17H34N2O2. The van der Waals surface area contributed by atoms with Crippen molar-refractivity contribution in [2.24, 2.45) is 5.41 Å². The highest BCUT2D eigenvalue weighted by Gasteiger charge is 2.31. The summed E-state index contributed by atoms with van der Waals surface area (Å²) in [5, 5.41) is 12.1. The van der Waals surface area contributed by atoms with Crippen LogP contribution in [0, 0.1) is 5.41 Å². The zero-order valence-electron chi connectivity index (χ0n) is 14.5. The van der Waals surface area contributed by atoms with Gasteiger partial charge in [0.05, 0.1) is 0 Å². The van der Waals surface area contributed by atoms with E-state index in [-0.39, 0.29) is 0 Å². The van der Waals surface area contributed by atoms with E-state index in [1.54, 1.807) is 14.0 Å². The third-order valence-electron chi connectivity index (χ3n) is 5.39. The number of carboxylic acid groups (broad SMARTS) is 1. The average Bonchev–Trinajstić information content (AvgIpc) is 2.42. The summed E-state index contributed by atoms with van der Waals surface area (Å²) in [6, 6.07) is 0.716. The van der Waals surface area contributed by atoms with Crippen LogP contribution in [-0.4, -0.2) is 48.2 Å². The normalized spacial score (nSPS) is 22.2.